The van der Waals surface area contributed by atoms with Gasteiger partial charge in [0.05, 0.1) is 19.3 Å². The number of rotatable bonds is 6. The standard InChI is InChI=1S/C18H24N4O7/c1-10(23)22(8-12(24)7-20-21-19)14-15(25)16-13(28-17(14)26)9-27-18(29-16)11-5-3-2-4-6-11/h2-6,12-18,24-26H,7-9H2,1H3/t12-,13+,14+,15+,16+,17+,18?/m0/s1. The Hall–Kier alpha value is -2.24. The quantitative estimate of drug-likeness (QED) is 0.341. The number of nitrogens with zero attached hydrogens (tertiary/aromatic N) is 4. The summed E-state index contributed by atoms with van der Waals surface area (Å²) in [6.45, 7) is 0.813. The fourth-order valence-corrected chi connectivity index (χ4v) is 3.59. The topological polar surface area (TPSA) is 157 Å². The first-order chi connectivity index (χ1) is 13.9. The first-order valence-corrected chi connectivity index (χ1v) is 9.22. The van der Waals surface area contributed by atoms with Crippen LogP contribution in [0.5, 0.6) is 0 Å². The van der Waals surface area contributed by atoms with Gasteiger partial charge < -0.3 is 34.4 Å². The summed E-state index contributed by atoms with van der Waals surface area (Å²) in [4.78, 5) is 15.8. The lowest BCUT2D eigenvalue weighted by Crippen LogP contribution is -2.67. The minimum Gasteiger partial charge on any atom is -0.391 e. The van der Waals surface area contributed by atoms with Gasteiger partial charge in [-0.1, -0.05) is 35.4 Å². The lowest BCUT2D eigenvalue weighted by atomic mass is 9.94. The average Bonchev–Trinajstić information content (AvgIpc) is 2.71. The number of aliphatic hydroxyl groups is 3. The Labute approximate surface area is 167 Å². The largest absolute Gasteiger partial charge is 0.391 e. The molecule has 7 atom stereocenters. The van der Waals surface area contributed by atoms with Gasteiger partial charge in [-0.15, -0.1) is 0 Å². The van der Waals surface area contributed by atoms with Crippen LogP contribution in [0.3, 0.4) is 0 Å². The molecular formula is C18H24N4O7. The molecule has 1 unspecified atom stereocenters. The third kappa shape index (κ3) is 4.85. The highest BCUT2D eigenvalue weighted by molar-refractivity contribution is 5.73. The van der Waals surface area contributed by atoms with Crippen LogP contribution in [-0.4, -0.2) is 82.6 Å². The molecule has 2 heterocycles. The number of azide groups is 1. The van der Waals surface area contributed by atoms with Crippen LogP contribution in [0.2, 0.25) is 0 Å². The summed E-state index contributed by atoms with van der Waals surface area (Å²) in [6, 6.07) is 7.98. The summed E-state index contributed by atoms with van der Waals surface area (Å²) >= 11 is 0. The van der Waals surface area contributed by atoms with Crippen LogP contribution >= 0.6 is 0 Å². The van der Waals surface area contributed by atoms with Crippen molar-refractivity contribution < 1.29 is 34.3 Å². The van der Waals surface area contributed by atoms with E-state index in [-0.39, 0.29) is 19.7 Å². The molecule has 1 amide bonds. The highest BCUT2D eigenvalue weighted by Gasteiger charge is 2.51. The lowest BCUT2D eigenvalue weighted by molar-refractivity contribution is -0.345. The molecule has 2 saturated heterocycles. The van der Waals surface area contributed by atoms with E-state index in [0.29, 0.717) is 0 Å². The van der Waals surface area contributed by atoms with E-state index in [1.807, 2.05) is 30.3 Å². The number of hydrogen-bond acceptors (Lipinski definition) is 8. The maximum Gasteiger partial charge on any atom is 0.220 e. The summed E-state index contributed by atoms with van der Waals surface area (Å²) in [7, 11) is 0. The number of aliphatic hydroxyl groups excluding tert-OH is 3. The normalized spacial score (nSPS) is 32.6. The first-order valence-electron chi connectivity index (χ1n) is 9.22. The molecule has 11 nitrogen and oxygen atoms in total. The third-order valence-corrected chi connectivity index (χ3v) is 4.95. The summed E-state index contributed by atoms with van der Waals surface area (Å²) in [5.41, 5.74) is 9.14. The van der Waals surface area contributed by atoms with Gasteiger partial charge in [0.2, 0.25) is 5.91 Å². The number of ether oxygens (including phenoxy) is 3. The van der Waals surface area contributed by atoms with Crippen molar-refractivity contribution in [2.45, 2.75) is 50.0 Å². The smallest absolute Gasteiger partial charge is 0.220 e. The number of carbonyl (C=O) groups excluding carboxylic acids is 1. The fourth-order valence-electron chi connectivity index (χ4n) is 3.59. The van der Waals surface area contributed by atoms with Crippen LogP contribution in [-0.2, 0) is 19.0 Å². The van der Waals surface area contributed by atoms with Gasteiger partial charge in [0.1, 0.15) is 24.4 Å². The Morgan fingerprint density at radius 1 is 1.34 bits per heavy atom. The number of benzene rings is 1. The second kappa shape index (κ2) is 9.51. The van der Waals surface area contributed by atoms with Crippen molar-refractivity contribution in [1.29, 1.82) is 0 Å². The second-order valence-electron chi connectivity index (χ2n) is 6.96. The van der Waals surface area contributed by atoms with E-state index >= 15 is 0 Å². The van der Waals surface area contributed by atoms with E-state index in [4.69, 9.17) is 19.7 Å². The minimum atomic E-state index is -1.51. The molecule has 1 aromatic carbocycles. The molecule has 3 rings (SSSR count). The summed E-state index contributed by atoms with van der Waals surface area (Å²) in [5, 5.41) is 34.6. The van der Waals surface area contributed by atoms with Gasteiger partial charge >= 0.3 is 0 Å². The molecule has 2 fully saturated rings. The summed E-state index contributed by atoms with van der Waals surface area (Å²) < 4.78 is 17.1. The third-order valence-electron chi connectivity index (χ3n) is 4.95. The molecule has 3 N–H and O–H groups in total. The lowest BCUT2D eigenvalue weighted by Gasteiger charge is -2.49. The van der Waals surface area contributed by atoms with Crippen molar-refractivity contribution in [2.75, 3.05) is 19.7 Å². The zero-order valence-corrected chi connectivity index (χ0v) is 15.8. The van der Waals surface area contributed by atoms with E-state index in [0.717, 1.165) is 10.5 Å². The minimum absolute atomic E-state index is 0.0879. The van der Waals surface area contributed by atoms with E-state index < -0.39 is 48.9 Å². The summed E-state index contributed by atoms with van der Waals surface area (Å²) in [5.74, 6) is -0.498. The van der Waals surface area contributed by atoms with Crippen LogP contribution in [0, 0.1) is 0 Å². The summed E-state index contributed by atoms with van der Waals surface area (Å²) in [6.07, 6.45) is -6.29. The maximum absolute atomic E-state index is 12.2. The Morgan fingerprint density at radius 2 is 2.07 bits per heavy atom. The van der Waals surface area contributed by atoms with Crippen molar-refractivity contribution in [2.24, 2.45) is 5.11 Å². The molecule has 0 spiro atoms. The SMILES string of the molecule is CC(=O)N(C[C@@H](O)CN=[N+]=[N-])[C@@H]1[C@@H](O)[C@@H]2OC(c3ccccc3)OC[C@H]2O[C@H]1O. The van der Waals surface area contributed by atoms with Crippen LogP contribution < -0.4 is 0 Å². The van der Waals surface area contributed by atoms with Gasteiger partial charge in [-0.25, -0.2) is 0 Å². The first kappa shape index (κ1) is 21.5. The number of carbonyl (C=O) groups is 1. The van der Waals surface area contributed by atoms with Crippen LogP contribution in [0.1, 0.15) is 18.8 Å². The maximum atomic E-state index is 12.2. The van der Waals surface area contributed by atoms with Crippen molar-refractivity contribution in [1.82, 2.24) is 4.90 Å². The molecule has 0 aromatic heterocycles. The van der Waals surface area contributed by atoms with Gasteiger partial charge in [-0.2, -0.15) is 0 Å². The van der Waals surface area contributed by atoms with Gasteiger partial charge in [-0.05, 0) is 5.53 Å². The zero-order chi connectivity index (χ0) is 21.0. The molecule has 2 aliphatic rings. The number of amides is 1. The zero-order valence-electron chi connectivity index (χ0n) is 15.8. The molecule has 0 radical (unpaired) electrons. The van der Waals surface area contributed by atoms with E-state index in [1.165, 1.54) is 6.92 Å². The highest BCUT2D eigenvalue weighted by Crippen LogP contribution is 2.35. The number of hydrogen-bond donors (Lipinski definition) is 3. The van der Waals surface area contributed by atoms with Crippen molar-refractivity contribution >= 4 is 5.91 Å². The van der Waals surface area contributed by atoms with E-state index in [1.54, 1.807) is 0 Å². The molecule has 1 aromatic rings. The second-order valence-corrected chi connectivity index (χ2v) is 6.96. The predicted octanol–water partition coefficient (Wildman–Crippen LogP) is 0.0670. The van der Waals surface area contributed by atoms with Crippen molar-refractivity contribution in [3.8, 4) is 0 Å². The molecule has 158 valence electrons. The molecule has 2 aliphatic heterocycles. The Balaban J connectivity index is 1.77. The van der Waals surface area contributed by atoms with Crippen LogP contribution in [0.4, 0.5) is 0 Å². The van der Waals surface area contributed by atoms with E-state index in [9.17, 15) is 20.1 Å². The molecule has 0 aliphatic carbocycles. The predicted molar refractivity (Wildman–Crippen MR) is 98.1 cm³/mol. The fraction of sp³-hybridized carbons (Fsp3) is 0.611. The number of fused-ring (bicyclic) bond motifs is 1. The Morgan fingerprint density at radius 3 is 2.72 bits per heavy atom. The van der Waals surface area contributed by atoms with Crippen LogP contribution in [0.15, 0.2) is 35.4 Å². The highest BCUT2D eigenvalue weighted by atomic mass is 16.7. The molecule has 29 heavy (non-hydrogen) atoms. The molecule has 11 heteroatoms. The van der Waals surface area contributed by atoms with E-state index in [2.05, 4.69) is 10.0 Å². The van der Waals surface area contributed by atoms with Gasteiger partial charge in [0.25, 0.3) is 0 Å². The Bertz CT molecular complexity index is 745. The monoisotopic (exact) mass is 408 g/mol. The van der Waals surface area contributed by atoms with Gasteiger partial charge in [0, 0.05) is 23.9 Å². The van der Waals surface area contributed by atoms with Gasteiger partial charge in [0.15, 0.2) is 12.6 Å². The van der Waals surface area contributed by atoms with Gasteiger partial charge in [-0.3, -0.25) is 4.79 Å². The van der Waals surface area contributed by atoms with Crippen molar-refractivity contribution in [3.05, 3.63) is 46.3 Å². The molecule has 0 saturated carbocycles. The molecule has 0 bridgehead atoms. The van der Waals surface area contributed by atoms with Crippen LogP contribution in [0.25, 0.3) is 10.4 Å². The average molecular weight is 408 g/mol. The molecular weight excluding hydrogens is 384 g/mol. The Kier molecular flexibility index (Phi) is 7.04. The van der Waals surface area contributed by atoms with Crippen molar-refractivity contribution in [3.63, 3.8) is 0 Å².